The van der Waals surface area contributed by atoms with Crippen molar-refractivity contribution in [2.75, 3.05) is 19.6 Å². The fourth-order valence-corrected chi connectivity index (χ4v) is 6.46. The van der Waals surface area contributed by atoms with Crippen LogP contribution in [0.15, 0.2) is 97.2 Å². The number of aliphatic hydroxyl groups is 1. The lowest BCUT2D eigenvalue weighted by atomic mass is 9.99. The number of nitrogens with zero attached hydrogens (tertiary/aromatic N) is 2. The summed E-state index contributed by atoms with van der Waals surface area (Å²) < 4.78 is 30.5. The summed E-state index contributed by atoms with van der Waals surface area (Å²) in [5.74, 6) is -2.12. The van der Waals surface area contributed by atoms with Crippen molar-refractivity contribution in [1.82, 2.24) is 20.1 Å². The number of aryl methyl sites for hydroxylation is 1. The minimum absolute atomic E-state index is 0.0158. The Labute approximate surface area is 292 Å². The molecule has 2 atom stereocenters. The molecule has 0 fully saturated rings. The van der Waals surface area contributed by atoms with Crippen LogP contribution in [0.25, 0.3) is 10.9 Å². The number of nitrogens with one attached hydrogen (secondary N) is 2. The summed E-state index contributed by atoms with van der Waals surface area (Å²) in [4.78, 5) is 28.9. The van der Waals surface area contributed by atoms with Crippen molar-refractivity contribution in [3.63, 3.8) is 0 Å². The molecule has 0 aliphatic heterocycles. The Morgan fingerprint density at radius 2 is 1.50 bits per heavy atom. The molecule has 0 spiro atoms. The molecule has 0 aliphatic carbocycles. The van der Waals surface area contributed by atoms with Gasteiger partial charge in [-0.15, -0.1) is 0 Å². The topological polar surface area (TPSA) is 86.6 Å². The molecule has 262 valence electrons. The zero-order chi connectivity index (χ0) is 35.6. The molecule has 0 saturated heterocycles. The number of halogens is 2. The predicted molar refractivity (Wildman–Crippen MR) is 194 cm³/mol. The molecule has 2 amide bonds. The highest BCUT2D eigenvalue weighted by atomic mass is 19.1. The number of fused-ring (bicyclic) bond motifs is 1. The number of para-hydroxylation sites is 1. The Kier molecular flexibility index (Phi) is 12.5. The van der Waals surface area contributed by atoms with Gasteiger partial charge in [0.2, 0.25) is 0 Å². The van der Waals surface area contributed by atoms with Gasteiger partial charge in [-0.2, -0.15) is 0 Å². The van der Waals surface area contributed by atoms with Crippen molar-refractivity contribution < 1.29 is 23.5 Å². The first kappa shape index (κ1) is 36.4. The third-order valence-electron chi connectivity index (χ3n) is 8.76. The first-order valence-corrected chi connectivity index (χ1v) is 17.3. The van der Waals surface area contributed by atoms with Crippen molar-refractivity contribution in [1.29, 1.82) is 0 Å². The molecule has 0 saturated carbocycles. The number of aromatic nitrogens is 1. The van der Waals surface area contributed by atoms with Crippen LogP contribution in [0, 0.1) is 18.6 Å². The van der Waals surface area contributed by atoms with E-state index < -0.39 is 29.7 Å². The fourth-order valence-electron chi connectivity index (χ4n) is 6.46. The number of benzene rings is 4. The summed E-state index contributed by atoms with van der Waals surface area (Å²) >= 11 is 0. The zero-order valence-electron chi connectivity index (χ0n) is 29.0. The van der Waals surface area contributed by atoms with E-state index in [9.17, 15) is 23.5 Å². The Morgan fingerprint density at radius 3 is 2.20 bits per heavy atom. The van der Waals surface area contributed by atoms with Gasteiger partial charge in [0.15, 0.2) is 0 Å². The molecule has 50 heavy (non-hydrogen) atoms. The summed E-state index contributed by atoms with van der Waals surface area (Å²) in [5, 5.41) is 18.8. The van der Waals surface area contributed by atoms with E-state index in [1.165, 1.54) is 17.7 Å². The van der Waals surface area contributed by atoms with Crippen LogP contribution in [0.4, 0.5) is 8.78 Å². The van der Waals surface area contributed by atoms with Gasteiger partial charge in [0.05, 0.1) is 12.1 Å². The third kappa shape index (κ3) is 9.43. The highest BCUT2D eigenvalue weighted by molar-refractivity contribution is 6.00. The number of carbonyl (C=O) groups is 2. The van der Waals surface area contributed by atoms with Gasteiger partial charge in [0, 0.05) is 67.0 Å². The Balaban J connectivity index is 1.33. The van der Waals surface area contributed by atoms with Gasteiger partial charge < -0.3 is 25.2 Å². The monoisotopic (exact) mass is 680 g/mol. The van der Waals surface area contributed by atoms with E-state index in [1.807, 2.05) is 51.1 Å². The Morgan fingerprint density at radius 1 is 0.840 bits per heavy atom. The molecule has 4 aromatic carbocycles. The molecule has 5 rings (SSSR count). The molecule has 0 unspecified atom stereocenters. The molecule has 9 heteroatoms. The van der Waals surface area contributed by atoms with E-state index in [0.29, 0.717) is 37.3 Å². The maximum Gasteiger partial charge on any atom is 0.253 e. The van der Waals surface area contributed by atoms with Crippen molar-refractivity contribution in [3.8, 4) is 0 Å². The van der Waals surface area contributed by atoms with Gasteiger partial charge >= 0.3 is 0 Å². The quantitative estimate of drug-likeness (QED) is 0.105. The van der Waals surface area contributed by atoms with Crippen LogP contribution in [-0.2, 0) is 19.5 Å². The van der Waals surface area contributed by atoms with E-state index in [1.54, 1.807) is 23.1 Å². The highest BCUT2D eigenvalue weighted by Gasteiger charge is 2.25. The molecular formula is C41H46F2N4O3. The standard InChI is InChI=1S/C41H46F2N4O3/c1-4-15-46(16-5-2)41(50)32-18-28(3)17-31(22-32)40(49)45-37(21-30-19-34(42)23-35(43)20-30)39(48)25-44-24-33-27-47(26-29-11-7-6-8-12-29)38-14-10-9-13-36(33)38/h6-14,17-20,22-23,27,37,39,44,48H,4-5,15-16,21,24-26H2,1-3H3,(H,45,49)/t37-,39+/m0/s1. The van der Waals surface area contributed by atoms with Gasteiger partial charge in [0.25, 0.3) is 11.8 Å². The van der Waals surface area contributed by atoms with Crippen molar-refractivity contribution in [2.45, 2.75) is 65.3 Å². The van der Waals surface area contributed by atoms with Gasteiger partial charge in [-0.1, -0.05) is 62.4 Å². The van der Waals surface area contributed by atoms with Crippen LogP contribution >= 0.6 is 0 Å². The van der Waals surface area contributed by atoms with Crippen molar-refractivity contribution >= 4 is 22.7 Å². The second-order valence-corrected chi connectivity index (χ2v) is 12.9. The second kappa shape index (κ2) is 17.2. The summed E-state index contributed by atoms with van der Waals surface area (Å²) in [6.07, 6.45) is 2.60. The lowest BCUT2D eigenvalue weighted by Crippen LogP contribution is -2.48. The minimum atomic E-state index is -1.11. The van der Waals surface area contributed by atoms with Crippen molar-refractivity contribution in [3.05, 3.63) is 142 Å². The minimum Gasteiger partial charge on any atom is -0.390 e. The molecule has 5 aromatic rings. The summed E-state index contributed by atoms with van der Waals surface area (Å²) in [5.41, 5.74) is 5.04. The maximum absolute atomic E-state index is 14.2. The molecule has 1 aromatic heterocycles. The molecule has 3 N–H and O–H groups in total. The summed E-state index contributed by atoms with van der Waals surface area (Å²) in [6.45, 7) is 8.33. The smallest absolute Gasteiger partial charge is 0.253 e. The lowest BCUT2D eigenvalue weighted by molar-refractivity contribution is 0.0755. The molecule has 7 nitrogen and oxygen atoms in total. The van der Waals surface area contributed by atoms with Crippen LogP contribution in [0.5, 0.6) is 0 Å². The van der Waals surface area contributed by atoms with Crippen LogP contribution in [0.1, 0.15) is 69.7 Å². The molecule has 0 bridgehead atoms. The van der Waals surface area contributed by atoms with Crippen LogP contribution < -0.4 is 10.6 Å². The predicted octanol–water partition coefficient (Wildman–Crippen LogP) is 7.03. The SMILES string of the molecule is CCCN(CCC)C(=O)c1cc(C)cc(C(=O)N[C@@H](Cc2cc(F)cc(F)c2)[C@H](O)CNCc2cn(Cc3ccccc3)c3ccccc23)c1. The third-order valence-corrected chi connectivity index (χ3v) is 8.76. The molecular weight excluding hydrogens is 634 g/mol. The summed E-state index contributed by atoms with van der Waals surface area (Å²) in [7, 11) is 0. The first-order chi connectivity index (χ1) is 24.1. The highest BCUT2D eigenvalue weighted by Crippen LogP contribution is 2.23. The Hall–Kier alpha value is -4.86. The van der Waals surface area contributed by atoms with Gasteiger partial charge in [-0.3, -0.25) is 9.59 Å². The molecule has 0 aliphatic rings. The largest absolute Gasteiger partial charge is 0.390 e. The van der Waals surface area contributed by atoms with E-state index in [2.05, 4.69) is 45.7 Å². The average Bonchev–Trinajstić information content (AvgIpc) is 3.44. The molecule has 1 heterocycles. The Bertz CT molecular complexity index is 1880. The van der Waals surface area contributed by atoms with Crippen LogP contribution in [0.2, 0.25) is 0 Å². The van der Waals surface area contributed by atoms with E-state index in [0.717, 1.165) is 40.9 Å². The van der Waals surface area contributed by atoms with Crippen LogP contribution in [-0.4, -0.2) is 58.2 Å². The van der Waals surface area contributed by atoms with Crippen LogP contribution in [0.3, 0.4) is 0 Å². The fraction of sp³-hybridized carbons (Fsp3) is 0.317. The van der Waals surface area contributed by atoms with Crippen molar-refractivity contribution in [2.24, 2.45) is 0 Å². The van der Waals surface area contributed by atoms with E-state index >= 15 is 0 Å². The number of hydrogen-bond donors (Lipinski definition) is 3. The number of carbonyl (C=O) groups excluding carboxylic acids is 2. The van der Waals surface area contributed by atoms with Gasteiger partial charge in [0.1, 0.15) is 11.6 Å². The van der Waals surface area contributed by atoms with E-state index in [4.69, 9.17) is 0 Å². The summed E-state index contributed by atoms with van der Waals surface area (Å²) in [6, 6.07) is 25.7. The number of rotatable bonds is 16. The average molecular weight is 681 g/mol. The zero-order valence-corrected chi connectivity index (χ0v) is 29.0. The second-order valence-electron chi connectivity index (χ2n) is 12.9. The van der Waals surface area contributed by atoms with Gasteiger partial charge in [-0.05, 0) is 84.8 Å². The normalized spacial score (nSPS) is 12.5. The lowest BCUT2D eigenvalue weighted by Gasteiger charge is -2.25. The maximum atomic E-state index is 14.2. The number of amides is 2. The number of aliphatic hydroxyl groups excluding tert-OH is 1. The number of hydrogen-bond acceptors (Lipinski definition) is 4. The van der Waals surface area contributed by atoms with E-state index in [-0.39, 0.29) is 24.4 Å². The van der Waals surface area contributed by atoms with Gasteiger partial charge in [-0.25, -0.2) is 8.78 Å². The molecule has 0 radical (unpaired) electrons. The first-order valence-electron chi connectivity index (χ1n) is 17.3.